The van der Waals surface area contributed by atoms with Gasteiger partial charge in [0.25, 0.3) is 0 Å². The summed E-state index contributed by atoms with van der Waals surface area (Å²) in [4.78, 5) is 29.3. The van der Waals surface area contributed by atoms with Crippen molar-refractivity contribution in [2.24, 2.45) is 0 Å². The number of aromatic hydroxyl groups is 1. The van der Waals surface area contributed by atoms with Gasteiger partial charge < -0.3 is 30.2 Å². The van der Waals surface area contributed by atoms with E-state index in [9.17, 15) is 19.8 Å². The number of hydrogen-bond donors (Lipinski definition) is 5. The average Bonchev–Trinajstić information content (AvgIpc) is 3.58. The summed E-state index contributed by atoms with van der Waals surface area (Å²) in [5.41, 5.74) is 2.97. The molecule has 254 valence electrons. The summed E-state index contributed by atoms with van der Waals surface area (Å²) in [7, 11) is 2.13. The van der Waals surface area contributed by atoms with Crippen LogP contribution in [0.5, 0.6) is 5.75 Å². The Morgan fingerprint density at radius 3 is 2.49 bits per heavy atom. The van der Waals surface area contributed by atoms with E-state index in [2.05, 4.69) is 32.9 Å². The zero-order chi connectivity index (χ0) is 33.6. The van der Waals surface area contributed by atoms with Crippen LogP contribution in [0.4, 0.5) is 10.5 Å². The third-order valence-electron chi connectivity index (χ3n) is 8.46. The van der Waals surface area contributed by atoms with E-state index in [0.717, 1.165) is 62.1 Å². The van der Waals surface area contributed by atoms with Crippen molar-refractivity contribution in [2.75, 3.05) is 38.5 Å². The van der Waals surface area contributed by atoms with Gasteiger partial charge in [-0.15, -0.1) is 0 Å². The number of aromatic amines is 1. The number of unbranched alkanes of at least 4 members (excludes halogenated alkanes) is 6. The number of carbonyl (C=O) groups is 1. The van der Waals surface area contributed by atoms with Gasteiger partial charge in [-0.2, -0.15) is 11.3 Å². The second kappa shape index (κ2) is 18.0. The van der Waals surface area contributed by atoms with Crippen LogP contribution < -0.4 is 16.2 Å². The first-order valence-electron chi connectivity index (χ1n) is 16.7. The van der Waals surface area contributed by atoms with E-state index < -0.39 is 17.8 Å². The number of phenolic OH excluding ortho intramolecular Hbond substituents is 1. The van der Waals surface area contributed by atoms with Gasteiger partial charge in [0.15, 0.2) is 0 Å². The Morgan fingerprint density at radius 1 is 0.979 bits per heavy atom. The van der Waals surface area contributed by atoms with E-state index >= 15 is 0 Å². The molecule has 1 amide bonds. The van der Waals surface area contributed by atoms with Gasteiger partial charge in [-0.25, -0.2) is 4.79 Å². The highest BCUT2D eigenvalue weighted by molar-refractivity contribution is 7.08. The molecule has 0 unspecified atom stereocenters. The predicted octanol–water partition coefficient (Wildman–Crippen LogP) is 7.67. The number of anilines is 1. The molecule has 10 heteroatoms. The first-order valence-corrected chi connectivity index (χ1v) is 17.6. The van der Waals surface area contributed by atoms with Crippen molar-refractivity contribution in [1.82, 2.24) is 15.2 Å². The number of hydrogen-bond acceptors (Lipinski definition) is 8. The quantitative estimate of drug-likeness (QED) is 0.0653. The molecule has 0 radical (unpaired) electrons. The van der Waals surface area contributed by atoms with Crippen LogP contribution in [0, 0.1) is 0 Å². The minimum atomic E-state index is -0.731. The molecule has 5 N–H and O–H groups in total. The van der Waals surface area contributed by atoms with Crippen LogP contribution in [0.15, 0.2) is 70.2 Å². The van der Waals surface area contributed by atoms with Gasteiger partial charge in [0, 0.05) is 30.1 Å². The Hall–Kier alpha value is -3.70. The van der Waals surface area contributed by atoms with Gasteiger partial charge >= 0.3 is 6.09 Å². The number of rotatable bonds is 19. The number of para-hydroxylation sites is 1. The Balaban J connectivity index is 1.01. The van der Waals surface area contributed by atoms with Gasteiger partial charge in [0.2, 0.25) is 5.56 Å². The number of phenols is 1. The third-order valence-corrected chi connectivity index (χ3v) is 9.14. The fraction of sp³-hybridized carbons (Fsp3) is 0.459. The van der Waals surface area contributed by atoms with Crippen LogP contribution in [-0.4, -0.2) is 65.0 Å². The summed E-state index contributed by atoms with van der Waals surface area (Å²) < 4.78 is 5.81. The molecule has 0 saturated carbocycles. The molecule has 0 aliphatic heterocycles. The monoisotopic (exact) mass is 662 g/mol. The second-order valence-electron chi connectivity index (χ2n) is 12.9. The van der Waals surface area contributed by atoms with Gasteiger partial charge in [-0.05, 0) is 99.4 Å². The molecule has 0 spiro atoms. The van der Waals surface area contributed by atoms with Gasteiger partial charge in [-0.1, -0.05) is 56.4 Å². The topological polar surface area (TPSA) is 127 Å². The molecule has 0 bridgehead atoms. The molecule has 2 heterocycles. The number of aromatic nitrogens is 1. The third kappa shape index (κ3) is 11.5. The maximum atomic E-state index is 12.7. The Bertz CT molecular complexity index is 1600. The van der Waals surface area contributed by atoms with E-state index in [1.165, 1.54) is 37.8 Å². The predicted molar refractivity (Wildman–Crippen MR) is 192 cm³/mol. The highest BCUT2D eigenvalue weighted by Crippen LogP contribution is 2.30. The summed E-state index contributed by atoms with van der Waals surface area (Å²) in [5, 5.41) is 31.7. The number of aliphatic hydroxyl groups excluding tert-OH is 1. The zero-order valence-corrected chi connectivity index (χ0v) is 28.7. The number of amides is 1. The fourth-order valence-electron chi connectivity index (χ4n) is 5.68. The minimum Gasteiger partial charge on any atom is -0.506 e. The molecular weight excluding hydrogens is 612 g/mol. The Labute approximate surface area is 282 Å². The summed E-state index contributed by atoms with van der Waals surface area (Å²) in [5.74, 6) is -0.00547. The normalized spacial score (nSPS) is 12.4. The minimum absolute atomic E-state index is 0.00547. The lowest BCUT2D eigenvalue weighted by Crippen LogP contribution is -2.35. The molecule has 0 aliphatic carbocycles. The van der Waals surface area contributed by atoms with E-state index in [0.29, 0.717) is 23.0 Å². The molecule has 2 aromatic carbocycles. The van der Waals surface area contributed by atoms with Crippen molar-refractivity contribution in [1.29, 1.82) is 0 Å². The lowest BCUT2D eigenvalue weighted by Gasteiger charge is -2.28. The number of nitrogens with zero attached hydrogens (tertiary/aromatic N) is 1. The highest BCUT2D eigenvalue weighted by atomic mass is 32.1. The molecule has 4 aromatic rings. The molecule has 47 heavy (non-hydrogen) atoms. The summed E-state index contributed by atoms with van der Waals surface area (Å²) in [6.45, 7) is 7.05. The lowest BCUT2D eigenvalue weighted by molar-refractivity contribution is 0.0357. The van der Waals surface area contributed by atoms with E-state index in [1.807, 2.05) is 49.6 Å². The Morgan fingerprint density at radius 2 is 1.72 bits per heavy atom. The molecule has 2 aromatic heterocycles. The number of pyridine rings is 1. The van der Waals surface area contributed by atoms with Gasteiger partial charge in [-0.3, -0.25) is 10.1 Å². The van der Waals surface area contributed by atoms with Crippen molar-refractivity contribution < 1.29 is 19.7 Å². The first-order chi connectivity index (χ1) is 22.6. The molecule has 4 rings (SSSR count). The summed E-state index contributed by atoms with van der Waals surface area (Å²) >= 11 is 1.63. The van der Waals surface area contributed by atoms with Crippen LogP contribution in [0.1, 0.15) is 76.9 Å². The smallest absolute Gasteiger partial charge is 0.412 e. The van der Waals surface area contributed by atoms with Crippen molar-refractivity contribution in [2.45, 2.75) is 76.9 Å². The maximum absolute atomic E-state index is 12.7. The maximum Gasteiger partial charge on any atom is 0.412 e. The molecular formula is C37H50N4O5S. The number of carbonyl (C=O) groups excluding carboxylic acids is 1. The van der Waals surface area contributed by atoms with Crippen molar-refractivity contribution >= 4 is 34.0 Å². The number of H-pyrrole nitrogens is 1. The van der Waals surface area contributed by atoms with E-state index in [1.54, 1.807) is 23.5 Å². The molecule has 9 nitrogen and oxygen atoms in total. The number of benzene rings is 2. The Kier molecular flexibility index (Phi) is 13.8. The second-order valence-corrected chi connectivity index (χ2v) is 13.6. The first kappa shape index (κ1) is 36.1. The van der Waals surface area contributed by atoms with Crippen LogP contribution in [0.2, 0.25) is 0 Å². The van der Waals surface area contributed by atoms with Gasteiger partial charge in [0.1, 0.15) is 11.4 Å². The number of aliphatic hydroxyl groups is 1. The highest BCUT2D eigenvalue weighted by Gasteiger charge is 2.24. The summed E-state index contributed by atoms with van der Waals surface area (Å²) in [6, 6.07) is 16.1. The van der Waals surface area contributed by atoms with Crippen LogP contribution >= 0.6 is 11.3 Å². The fourth-order valence-corrected chi connectivity index (χ4v) is 6.34. The number of fused-ring (bicyclic) bond motifs is 1. The zero-order valence-electron chi connectivity index (χ0n) is 27.9. The standard InChI is InChI=1S/C37H50N4O5S/c1-37(2,46-36(45)39-31-14-10-9-13-28(31)27-19-24-47-26-27)20-23-41(3)22-12-8-6-4-5-7-11-21-38-25-33(43)29-15-17-32(42)35-30(29)16-18-34(44)40-35/h9-10,13-19,24,26,33,38,42-43H,4-8,11-12,20-23,25H2,1-3H3,(H,39,45)(H,40,44)/t33-/m1/s1. The lowest BCUT2D eigenvalue weighted by atomic mass is 10.0. The van der Waals surface area contributed by atoms with Crippen molar-refractivity contribution in [3.8, 4) is 16.9 Å². The summed E-state index contributed by atoms with van der Waals surface area (Å²) in [6.07, 6.45) is 7.77. The number of thiophene rings is 1. The SMILES string of the molecule is CN(CCCCCCCCCNC[C@@H](O)c1ccc(O)c2[nH]c(=O)ccc12)CCC(C)(C)OC(=O)Nc1ccccc1-c1ccsc1. The van der Waals surface area contributed by atoms with Crippen LogP contribution in [0.25, 0.3) is 22.0 Å². The number of nitrogens with one attached hydrogen (secondary N) is 3. The molecule has 0 fully saturated rings. The number of ether oxygens (including phenoxy) is 1. The van der Waals surface area contributed by atoms with Crippen molar-refractivity contribution in [3.05, 3.63) is 81.3 Å². The van der Waals surface area contributed by atoms with E-state index in [-0.39, 0.29) is 11.3 Å². The largest absolute Gasteiger partial charge is 0.506 e. The van der Waals surface area contributed by atoms with Gasteiger partial charge in [0.05, 0.1) is 17.3 Å². The average molecular weight is 663 g/mol. The molecule has 1 atom stereocenters. The molecule has 0 aliphatic rings. The van der Waals surface area contributed by atoms with Crippen LogP contribution in [0.3, 0.4) is 0 Å². The van der Waals surface area contributed by atoms with Crippen LogP contribution in [-0.2, 0) is 4.74 Å². The molecule has 0 saturated heterocycles. The van der Waals surface area contributed by atoms with Crippen molar-refractivity contribution in [3.63, 3.8) is 0 Å². The van der Waals surface area contributed by atoms with E-state index in [4.69, 9.17) is 4.74 Å².